The van der Waals surface area contributed by atoms with Gasteiger partial charge in [-0.3, -0.25) is 14.9 Å². The van der Waals surface area contributed by atoms with Gasteiger partial charge in [-0.1, -0.05) is 61.5 Å². The lowest BCUT2D eigenvalue weighted by Crippen LogP contribution is -2.54. The third-order valence-corrected chi connectivity index (χ3v) is 7.32. The van der Waals surface area contributed by atoms with Crippen LogP contribution in [0.5, 0.6) is 11.5 Å². The number of urea groups is 1. The van der Waals surface area contributed by atoms with E-state index in [2.05, 4.69) is 46.1 Å². The van der Waals surface area contributed by atoms with Gasteiger partial charge in [0.1, 0.15) is 12.2 Å². The Bertz CT molecular complexity index is 1620. The van der Waals surface area contributed by atoms with Gasteiger partial charge >= 0.3 is 6.03 Å². The van der Waals surface area contributed by atoms with Gasteiger partial charge in [-0.05, 0) is 86.8 Å². The summed E-state index contributed by atoms with van der Waals surface area (Å²) in [7, 11) is 1.53. The molecule has 4 amide bonds. The molecule has 0 aromatic heterocycles. The van der Waals surface area contributed by atoms with Crippen LogP contribution in [0.4, 0.5) is 10.5 Å². The number of carbonyl (C=O) groups excluding carboxylic acids is 3. The molecular weight excluding hydrogens is 607 g/mol. The van der Waals surface area contributed by atoms with Gasteiger partial charge in [-0.25, -0.2) is 9.69 Å². The van der Waals surface area contributed by atoms with Gasteiger partial charge in [0.25, 0.3) is 11.8 Å². The first-order valence-electron chi connectivity index (χ1n) is 12.4. The highest BCUT2D eigenvalue weighted by Crippen LogP contribution is 2.36. The van der Waals surface area contributed by atoms with Crippen LogP contribution in [0, 0.1) is 3.57 Å². The molecule has 1 heterocycles. The standard InChI is InChI=1S/C31H25IN2O5/c1-3-19-11-13-23(14-12-19)34-30(36)25(29(35)33-31(34)37)15-20-16-26(32)28(27(17-20)38-2)39-18-22-9-6-8-21-7-4-5-10-24(21)22/h4-17H,3,18H2,1-2H3,(H,33,35,37)/b25-15-. The number of hydrogen-bond donors (Lipinski definition) is 1. The molecule has 196 valence electrons. The van der Waals surface area contributed by atoms with E-state index in [1.54, 1.807) is 24.3 Å². The number of ether oxygens (including phenoxy) is 2. The van der Waals surface area contributed by atoms with Gasteiger partial charge in [0.05, 0.1) is 16.4 Å². The van der Waals surface area contributed by atoms with Crippen molar-refractivity contribution in [1.82, 2.24) is 5.32 Å². The number of imide groups is 2. The fourth-order valence-electron chi connectivity index (χ4n) is 4.47. The van der Waals surface area contributed by atoms with Crippen molar-refractivity contribution in [2.45, 2.75) is 20.0 Å². The number of halogens is 1. The van der Waals surface area contributed by atoms with E-state index in [-0.39, 0.29) is 5.57 Å². The van der Waals surface area contributed by atoms with Crippen LogP contribution in [0.2, 0.25) is 0 Å². The van der Waals surface area contributed by atoms with Crippen molar-refractivity contribution < 1.29 is 23.9 Å². The van der Waals surface area contributed by atoms with Crippen LogP contribution in [0.3, 0.4) is 0 Å². The monoisotopic (exact) mass is 632 g/mol. The number of methoxy groups -OCH3 is 1. The predicted molar refractivity (Wildman–Crippen MR) is 159 cm³/mol. The van der Waals surface area contributed by atoms with Crippen molar-refractivity contribution >= 4 is 63.0 Å². The Morgan fingerprint density at radius 1 is 0.949 bits per heavy atom. The molecule has 0 atom stereocenters. The second kappa shape index (κ2) is 11.3. The first-order chi connectivity index (χ1) is 18.9. The molecule has 0 bridgehead atoms. The molecule has 8 heteroatoms. The van der Waals surface area contributed by atoms with E-state index in [0.717, 1.165) is 36.8 Å². The van der Waals surface area contributed by atoms with Gasteiger partial charge in [0.15, 0.2) is 11.5 Å². The van der Waals surface area contributed by atoms with Gasteiger partial charge < -0.3 is 9.47 Å². The lowest BCUT2D eigenvalue weighted by Gasteiger charge is -2.26. The van der Waals surface area contributed by atoms with Crippen LogP contribution < -0.4 is 19.7 Å². The maximum Gasteiger partial charge on any atom is 0.335 e. The normalized spacial score (nSPS) is 14.6. The molecule has 39 heavy (non-hydrogen) atoms. The number of nitrogens with zero attached hydrogens (tertiary/aromatic N) is 1. The number of rotatable bonds is 7. The van der Waals surface area contributed by atoms with E-state index in [4.69, 9.17) is 9.47 Å². The summed E-state index contributed by atoms with van der Waals surface area (Å²) in [5.41, 5.74) is 2.90. The second-order valence-corrected chi connectivity index (χ2v) is 10.1. The number of aryl methyl sites for hydroxylation is 1. The van der Waals surface area contributed by atoms with E-state index >= 15 is 0 Å². The Morgan fingerprint density at radius 2 is 1.69 bits per heavy atom. The summed E-state index contributed by atoms with van der Waals surface area (Å²) in [5, 5.41) is 4.51. The van der Waals surface area contributed by atoms with Crippen LogP contribution >= 0.6 is 22.6 Å². The second-order valence-electron chi connectivity index (χ2n) is 8.94. The number of fused-ring (bicyclic) bond motifs is 1. The summed E-state index contributed by atoms with van der Waals surface area (Å²) in [6.45, 7) is 2.35. The van der Waals surface area contributed by atoms with E-state index in [0.29, 0.717) is 29.4 Å². The average Bonchev–Trinajstić information content (AvgIpc) is 2.94. The van der Waals surface area contributed by atoms with Crippen LogP contribution in [0.25, 0.3) is 16.8 Å². The fraction of sp³-hybridized carbons (Fsp3) is 0.129. The zero-order valence-electron chi connectivity index (χ0n) is 21.4. The Labute approximate surface area is 239 Å². The van der Waals surface area contributed by atoms with Gasteiger partial charge in [0.2, 0.25) is 0 Å². The SMILES string of the molecule is CCc1ccc(N2C(=O)NC(=O)/C(=C/c3cc(I)c(OCc4cccc5ccccc45)c(OC)c3)C2=O)cc1. The Balaban J connectivity index is 1.43. The Morgan fingerprint density at radius 3 is 2.44 bits per heavy atom. The minimum absolute atomic E-state index is 0.156. The summed E-state index contributed by atoms with van der Waals surface area (Å²) in [6, 6.07) is 24.0. The number of barbiturate groups is 1. The van der Waals surface area contributed by atoms with Crippen molar-refractivity contribution in [2.24, 2.45) is 0 Å². The van der Waals surface area contributed by atoms with E-state index in [9.17, 15) is 14.4 Å². The number of benzene rings is 4. The topological polar surface area (TPSA) is 84.9 Å². The molecule has 0 saturated carbocycles. The van der Waals surface area contributed by atoms with Crippen LogP contribution in [-0.4, -0.2) is 25.0 Å². The summed E-state index contributed by atoms with van der Waals surface area (Å²) >= 11 is 2.14. The molecule has 1 aliphatic heterocycles. The summed E-state index contributed by atoms with van der Waals surface area (Å²) in [4.78, 5) is 39.5. The third-order valence-electron chi connectivity index (χ3n) is 6.52. The Hall–Kier alpha value is -4.18. The number of nitrogens with one attached hydrogen (secondary N) is 1. The molecule has 5 rings (SSSR count). The molecule has 4 aromatic rings. The highest BCUT2D eigenvalue weighted by molar-refractivity contribution is 14.1. The zero-order chi connectivity index (χ0) is 27.5. The summed E-state index contributed by atoms with van der Waals surface area (Å²) in [5.74, 6) is -0.434. The molecule has 4 aromatic carbocycles. The summed E-state index contributed by atoms with van der Waals surface area (Å²) in [6.07, 6.45) is 2.28. The third kappa shape index (κ3) is 5.37. The molecular formula is C31H25IN2O5. The number of hydrogen-bond acceptors (Lipinski definition) is 5. The molecule has 1 fully saturated rings. The lowest BCUT2D eigenvalue weighted by molar-refractivity contribution is -0.122. The number of amides is 4. The van der Waals surface area contributed by atoms with Crippen molar-refractivity contribution in [3.8, 4) is 11.5 Å². The van der Waals surface area contributed by atoms with Crippen LogP contribution in [-0.2, 0) is 22.6 Å². The first kappa shape index (κ1) is 26.4. The molecule has 1 N–H and O–H groups in total. The van der Waals surface area contributed by atoms with E-state index in [1.165, 1.54) is 13.2 Å². The lowest BCUT2D eigenvalue weighted by atomic mass is 10.0. The van der Waals surface area contributed by atoms with E-state index < -0.39 is 17.8 Å². The smallest absolute Gasteiger partial charge is 0.335 e. The minimum Gasteiger partial charge on any atom is -0.493 e. The molecule has 7 nitrogen and oxygen atoms in total. The van der Waals surface area contributed by atoms with E-state index in [1.807, 2.05) is 43.3 Å². The zero-order valence-corrected chi connectivity index (χ0v) is 23.5. The minimum atomic E-state index is -0.782. The number of anilines is 1. The maximum atomic E-state index is 13.3. The van der Waals surface area contributed by atoms with Crippen molar-refractivity contribution in [3.63, 3.8) is 0 Å². The highest BCUT2D eigenvalue weighted by Gasteiger charge is 2.36. The van der Waals surface area contributed by atoms with Crippen molar-refractivity contribution in [3.05, 3.63) is 105 Å². The van der Waals surface area contributed by atoms with Crippen molar-refractivity contribution in [1.29, 1.82) is 0 Å². The van der Waals surface area contributed by atoms with Crippen LogP contribution in [0.1, 0.15) is 23.6 Å². The highest BCUT2D eigenvalue weighted by atomic mass is 127. The van der Waals surface area contributed by atoms with Crippen LogP contribution in [0.15, 0.2) is 84.4 Å². The maximum absolute atomic E-state index is 13.3. The molecule has 1 saturated heterocycles. The number of carbonyl (C=O) groups is 3. The predicted octanol–water partition coefficient (Wildman–Crippen LogP) is 6.26. The average molecular weight is 632 g/mol. The fourth-order valence-corrected chi connectivity index (χ4v) is 5.25. The Kier molecular flexibility index (Phi) is 7.65. The summed E-state index contributed by atoms with van der Waals surface area (Å²) < 4.78 is 12.5. The largest absolute Gasteiger partial charge is 0.493 e. The quantitative estimate of drug-likeness (QED) is 0.148. The van der Waals surface area contributed by atoms with Gasteiger partial charge in [-0.15, -0.1) is 0 Å². The van der Waals surface area contributed by atoms with Gasteiger partial charge in [0, 0.05) is 0 Å². The van der Waals surface area contributed by atoms with Crippen molar-refractivity contribution in [2.75, 3.05) is 12.0 Å². The molecule has 0 aliphatic carbocycles. The molecule has 0 radical (unpaired) electrons. The molecule has 0 unspecified atom stereocenters. The molecule has 0 spiro atoms. The first-order valence-corrected chi connectivity index (χ1v) is 13.4. The van der Waals surface area contributed by atoms with Gasteiger partial charge in [-0.2, -0.15) is 0 Å². The molecule has 1 aliphatic rings.